The van der Waals surface area contributed by atoms with Crippen molar-refractivity contribution in [2.75, 3.05) is 6.54 Å². The minimum absolute atomic E-state index is 0.478. The molecule has 1 aromatic heterocycles. The Morgan fingerprint density at radius 2 is 1.84 bits per heavy atom. The lowest BCUT2D eigenvalue weighted by atomic mass is 10.2. The highest BCUT2D eigenvalue weighted by Crippen LogP contribution is 2.24. The van der Waals surface area contributed by atoms with Crippen LogP contribution in [0.25, 0.3) is 11.3 Å². The Morgan fingerprint density at radius 3 is 2.56 bits per heavy atom. The average Bonchev–Trinajstić information content (AvgIpc) is 3.11. The van der Waals surface area contributed by atoms with E-state index in [1.165, 1.54) is 5.56 Å². The van der Waals surface area contributed by atoms with Crippen molar-refractivity contribution >= 4 is 22.9 Å². The normalized spacial score (nSPS) is 10.8. The summed E-state index contributed by atoms with van der Waals surface area (Å²) in [5.74, 6) is 0.863. The molecule has 0 aliphatic rings. The first-order valence-corrected chi connectivity index (χ1v) is 9.63. The topological polar surface area (TPSA) is 34.1 Å². The second-order valence-electron chi connectivity index (χ2n) is 5.74. The molecule has 3 rings (SSSR count). The van der Waals surface area contributed by atoms with Crippen LogP contribution in [0.3, 0.4) is 0 Å². The summed E-state index contributed by atoms with van der Waals surface area (Å²) in [6.45, 7) is 4.58. The Labute approximate surface area is 157 Å². The molecule has 0 spiro atoms. The van der Waals surface area contributed by atoms with Gasteiger partial charge in [-0.2, -0.15) is 0 Å². The third kappa shape index (κ3) is 5.30. The van der Waals surface area contributed by atoms with Crippen LogP contribution in [0.5, 0.6) is 5.75 Å². The van der Waals surface area contributed by atoms with E-state index < -0.39 is 0 Å². The van der Waals surface area contributed by atoms with E-state index in [0.717, 1.165) is 46.5 Å². The van der Waals surface area contributed by atoms with Crippen molar-refractivity contribution in [3.8, 4) is 17.0 Å². The van der Waals surface area contributed by atoms with Gasteiger partial charge in [0.05, 0.1) is 5.69 Å². The Morgan fingerprint density at radius 1 is 1.08 bits per heavy atom. The van der Waals surface area contributed by atoms with Crippen LogP contribution in [0.1, 0.15) is 23.9 Å². The molecule has 25 heavy (non-hydrogen) atoms. The number of halogens is 1. The predicted octanol–water partition coefficient (Wildman–Crippen LogP) is 5.54. The maximum Gasteiger partial charge on any atom is 0.140 e. The highest BCUT2D eigenvalue weighted by Gasteiger charge is 2.05. The van der Waals surface area contributed by atoms with Gasteiger partial charge < -0.3 is 10.1 Å². The number of benzene rings is 2. The van der Waals surface area contributed by atoms with Gasteiger partial charge in [-0.05, 0) is 42.8 Å². The van der Waals surface area contributed by atoms with Crippen molar-refractivity contribution in [1.82, 2.24) is 10.3 Å². The molecule has 0 aliphatic carbocycles. The standard InChI is InChI=1S/C20H21ClN2OS/c1-2-11-22-12-15-3-9-18(10-4-15)24-13-20-23-19(14-25-20)16-5-7-17(21)8-6-16/h3-10,14,22H,2,11-13H2,1H3. The highest BCUT2D eigenvalue weighted by molar-refractivity contribution is 7.09. The summed E-state index contributed by atoms with van der Waals surface area (Å²) in [7, 11) is 0. The van der Waals surface area contributed by atoms with Crippen LogP contribution in [0.4, 0.5) is 0 Å². The molecule has 0 radical (unpaired) electrons. The Bertz CT molecular complexity index is 784. The third-order valence-corrected chi connectivity index (χ3v) is 4.81. The van der Waals surface area contributed by atoms with E-state index in [1.807, 2.05) is 41.8 Å². The molecule has 5 heteroatoms. The van der Waals surface area contributed by atoms with Gasteiger partial charge in [0, 0.05) is 22.5 Å². The van der Waals surface area contributed by atoms with Crippen molar-refractivity contribution in [3.05, 3.63) is 69.5 Å². The Kier molecular flexibility index (Phi) is 6.45. The van der Waals surface area contributed by atoms with Crippen molar-refractivity contribution in [3.63, 3.8) is 0 Å². The summed E-state index contributed by atoms with van der Waals surface area (Å²) < 4.78 is 5.85. The molecule has 2 aromatic carbocycles. The lowest BCUT2D eigenvalue weighted by Gasteiger charge is -2.06. The van der Waals surface area contributed by atoms with Crippen LogP contribution in [0.2, 0.25) is 5.02 Å². The van der Waals surface area contributed by atoms with Crippen molar-refractivity contribution in [1.29, 1.82) is 0 Å². The van der Waals surface area contributed by atoms with E-state index >= 15 is 0 Å². The maximum atomic E-state index is 5.93. The monoisotopic (exact) mass is 372 g/mol. The van der Waals surface area contributed by atoms with Crippen molar-refractivity contribution in [2.45, 2.75) is 26.5 Å². The molecular formula is C20H21ClN2OS. The van der Waals surface area contributed by atoms with E-state index in [1.54, 1.807) is 11.3 Å². The molecule has 3 nitrogen and oxygen atoms in total. The summed E-state index contributed by atoms with van der Waals surface area (Å²) in [6, 6.07) is 15.9. The van der Waals surface area contributed by atoms with Gasteiger partial charge in [-0.1, -0.05) is 42.8 Å². The number of nitrogens with one attached hydrogen (secondary N) is 1. The fourth-order valence-electron chi connectivity index (χ4n) is 2.39. The van der Waals surface area contributed by atoms with Crippen LogP contribution in [-0.4, -0.2) is 11.5 Å². The number of hydrogen-bond acceptors (Lipinski definition) is 4. The molecule has 0 aliphatic heterocycles. The molecule has 0 unspecified atom stereocenters. The second-order valence-corrected chi connectivity index (χ2v) is 7.12. The summed E-state index contributed by atoms with van der Waals surface area (Å²) in [6.07, 6.45) is 1.15. The Balaban J connectivity index is 1.54. The summed E-state index contributed by atoms with van der Waals surface area (Å²) in [5, 5.41) is 7.13. The van der Waals surface area contributed by atoms with Gasteiger partial charge in [-0.25, -0.2) is 4.98 Å². The fourth-order valence-corrected chi connectivity index (χ4v) is 3.23. The van der Waals surface area contributed by atoms with E-state index in [9.17, 15) is 0 Å². The van der Waals surface area contributed by atoms with Crippen molar-refractivity contribution in [2.24, 2.45) is 0 Å². The zero-order valence-electron chi connectivity index (χ0n) is 14.2. The molecule has 0 atom stereocenters. The zero-order valence-corrected chi connectivity index (χ0v) is 15.7. The Hall–Kier alpha value is -1.88. The minimum atomic E-state index is 0.478. The average molecular weight is 373 g/mol. The number of rotatable bonds is 8. The number of hydrogen-bond donors (Lipinski definition) is 1. The maximum absolute atomic E-state index is 5.93. The first-order valence-electron chi connectivity index (χ1n) is 8.37. The predicted molar refractivity (Wildman–Crippen MR) is 105 cm³/mol. The first-order chi connectivity index (χ1) is 12.2. The minimum Gasteiger partial charge on any atom is -0.486 e. The van der Waals surface area contributed by atoms with Gasteiger partial charge in [0.15, 0.2) is 0 Å². The quantitative estimate of drug-likeness (QED) is 0.527. The molecular weight excluding hydrogens is 352 g/mol. The van der Waals surface area contributed by atoms with Gasteiger partial charge in [-0.3, -0.25) is 0 Å². The molecule has 1 heterocycles. The smallest absolute Gasteiger partial charge is 0.140 e. The van der Waals surface area contributed by atoms with Gasteiger partial charge in [0.1, 0.15) is 17.4 Å². The largest absolute Gasteiger partial charge is 0.486 e. The van der Waals surface area contributed by atoms with Crippen LogP contribution < -0.4 is 10.1 Å². The second kappa shape index (κ2) is 8.99. The number of aromatic nitrogens is 1. The highest BCUT2D eigenvalue weighted by atomic mass is 35.5. The van der Waals surface area contributed by atoms with Crippen LogP contribution in [-0.2, 0) is 13.2 Å². The first kappa shape index (κ1) is 17.9. The van der Waals surface area contributed by atoms with E-state index in [2.05, 4.69) is 29.4 Å². The number of ether oxygens (including phenoxy) is 1. The van der Waals surface area contributed by atoms with E-state index in [-0.39, 0.29) is 0 Å². The van der Waals surface area contributed by atoms with E-state index in [4.69, 9.17) is 16.3 Å². The molecule has 0 fully saturated rings. The SMILES string of the molecule is CCCNCc1ccc(OCc2nc(-c3ccc(Cl)cc3)cs2)cc1. The lowest BCUT2D eigenvalue weighted by molar-refractivity contribution is 0.305. The molecule has 130 valence electrons. The van der Waals surface area contributed by atoms with Crippen LogP contribution in [0.15, 0.2) is 53.9 Å². The summed E-state index contributed by atoms with van der Waals surface area (Å²) in [5.41, 5.74) is 3.29. The fraction of sp³-hybridized carbons (Fsp3) is 0.250. The molecule has 3 aromatic rings. The van der Waals surface area contributed by atoms with Crippen LogP contribution >= 0.6 is 22.9 Å². The van der Waals surface area contributed by atoms with Gasteiger partial charge in [0.25, 0.3) is 0 Å². The molecule has 0 amide bonds. The third-order valence-electron chi connectivity index (χ3n) is 3.73. The summed E-state index contributed by atoms with van der Waals surface area (Å²) >= 11 is 7.53. The number of thiazole rings is 1. The van der Waals surface area contributed by atoms with Gasteiger partial charge in [-0.15, -0.1) is 11.3 Å². The van der Waals surface area contributed by atoms with Crippen molar-refractivity contribution < 1.29 is 4.74 Å². The number of nitrogens with zero attached hydrogens (tertiary/aromatic N) is 1. The van der Waals surface area contributed by atoms with Gasteiger partial charge in [0.2, 0.25) is 0 Å². The molecule has 0 saturated heterocycles. The molecule has 0 saturated carbocycles. The summed E-state index contributed by atoms with van der Waals surface area (Å²) in [4.78, 5) is 4.63. The molecule has 0 bridgehead atoms. The lowest BCUT2D eigenvalue weighted by Crippen LogP contribution is -2.13. The van der Waals surface area contributed by atoms with Crippen LogP contribution in [0, 0.1) is 0 Å². The van der Waals surface area contributed by atoms with Gasteiger partial charge >= 0.3 is 0 Å². The zero-order chi connectivity index (χ0) is 17.5. The van der Waals surface area contributed by atoms with E-state index in [0.29, 0.717) is 6.61 Å². The molecule has 1 N–H and O–H groups in total.